The highest BCUT2D eigenvalue weighted by atomic mass is 16.5. The number of ether oxygens (including phenoxy) is 1. The highest BCUT2D eigenvalue weighted by Gasteiger charge is 2.35. The second-order valence-corrected chi connectivity index (χ2v) is 4.96. The second kappa shape index (κ2) is 3.01. The average molecular weight is 217 g/mol. The fourth-order valence-corrected chi connectivity index (χ4v) is 2.22. The molecule has 0 amide bonds. The normalized spacial score (nSPS) is 19.8. The molecular formula is C13H15NO2. The van der Waals surface area contributed by atoms with Gasteiger partial charge in [0.1, 0.15) is 11.9 Å². The third-order valence-electron chi connectivity index (χ3n) is 3.22. The maximum Gasteiger partial charge on any atom is 0.147 e. The van der Waals surface area contributed by atoms with Crippen LogP contribution in [0, 0.1) is 0 Å². The Balaban J connectivity index is 2.09. The minimum absolute atomic E-state index is 0.156. The van der Waals surface area contributed by atoms with Crippen LogP contribution in [0.25, 0.3) is 10.9 Å². The van der Waals surface area contributed by atoms with Gasteiger partial charge in [0.25, 0.3) is 0 Å². The fourth-order valence-electron chi connectivity index (χ4n) is 2.22. The molecule has 0 radical (unpaired) electrons. The van der Waals surface area contributed by atoms with E-state index in [1.165, 1.54) is 5.56 Å². The number of benzene rings is 1. The minimum atomic E-state index is -0.808. The SMILES string of the molecule is CC(C)(O)C1Cc2ccc3cc[nH]c3c2O1. The van der Waals surface area contributed by atoms with Crippen molar-refractivity contribution in [2.45, 2.75) is 32.0 Å². The molecule has 1 atom stereocenters. The maximum absolute atomic E-state index is 9.98. The van der Waals surface area contributed by atoms with Crippen molar-refractivity contribution in [2.24, 2.45) is 0 Å². The van der Waals surface area contributed by atoms with Gasteiger partial charge in [0.15, 0.2) is 0 Å². The molecule has 3 nitrogen and oxygen atoms in total. The standard InChI is InChI=1S/C13H15NO2/c1-13(2,15)10-7-9-4-3-8-5-6-14-11(8)12(9)16-10/h3-6,10,14-15H,7H2,1-2H3. The van der Waals surface area contributed by atoms with E-state index in [1.807, 2.05) is 12.3 Å². The lowest BCUT2D eigenvalue weighted by Gasteiger charge is -2.24. The summed E-state index contributed by atoms with van der Waals surface area (Å²) in [5.74, 6) is 0.898. The first-order valence-electron chi connectivity index (χ1n) is 5.54. The summed E-state index contributed by atoms with van der Waals surface area (Å²) < 4.78 is 5.86. The zero-order valence-electron chi connectivity index (χ0n) is 9.45. The average Bonchev–Trinajstić information content (AvgIpc) is 2.81. The van der Waals surface area contributed by atoms with Crippen molar-refractivity contribution in [1.82, 2.24) is 4.98 Å². The van der Waals surface area contributed by atoms with E-state index in [4.69, 9.17) is 4.74 Å². The Bertz CT molecular complexity index is 536. The molecule has 1 aromatic heterocycles. The van der Waals surface area contributed by atoms with E-state index < -0.39 is 5.60 Å². The molecule has 0 bridgehead atoms. The van der Waals surface area contributed by atoms with Crippen molar-refractivity contribution in [3.8, 4) is 5.75 Å². The summed E-state index contributed by atoms with van der Waals surface area (Å²) in [4.78, 5) is 3.19. The molecule has 0 saturated carbocycles. The molecule has 2 aromatic rings. The zero-order valence-corrected chi connectivity index (χ0v) is 9.45. The second-order valence-electron chi connectivity index (χ2n) is 4.96. The number of aromatic amines is 1. The minimum Gasteiger partial charge on any atom is -0.485 e. The highest BCUT2D eigenvalue weighted by Crippen LogP contribution is 2.38. The van der Waals surface area contributed by atoms with Crippen LogP contribution in [0.5, 0.6) is 5.75 Å². The van der Waals surface area contributed by atoms with Gasteiger partial charge in [-0.3, -0.25) is 0 Å². The molecule has 3 heteroatoms. The Kier molecular flexibility index (Phi) is 1.83. The van der Waals surface area contributed by atoms with Gasteiger partial charge in [0.2, 0.25) is 0 Å². The van der Waals surface area contributed by atoms with Crippen LogP contribution in [0.15, 0.2) is 24.4 Å². The van der Waals surface area contributed by atoms with Crippen LogP contribution in [0.1, 0.15) is 19.4 Å². The summed E-state index contributed by atoms with van der Waals surface area (Å²) in [6.07, 6.45) is 2.52. The molecule has 1 aliphatic heterocycles. The van der Waals surface area contributed by atoms with Crippen LogP contribution in [-0.2, 0) is 6.42 Å². The van der Waals surface area contributed by atoms with Crippen LogP contribution in [0.2, 0.25) is 0 Å². The maximum atomic E-state index is 9.98. The number of fused-ring (bicyclic) bond motifs is 3. The number of H-pyrrole nitrogens is 1. The predicted molar refractivity (Wildman–Crippen MR) is 62.7 cm³/mol. The van der Waals surface area contributed by atoms with Crippen LogP contribution < -0.4 is 4.74 Å². The van der Waals surface area contributed by atoms with Crippen LogP contribution >= 0.6 is 0 Å². The van der Waals surface area contributed by atoms with Crippen molar-refractivity contribution in [2.75, 3.05) is 0 Å². The first kappa shape index (κ1) is 9.73. The van der Waals surface area contributed by atoms with Gasteiger partial charge in [-0.1, -0.05) is 12.1 Å². The number of aromatic nitrogens is 1. The smallest absolute Gasteiger partial charge is 0.147 e. The highest BCUT2D eigenvalue weighted by molar-refractivity contribution is 5.87. The lowest BCUT2D eigenvalue weighted by molar-refractivity contribution is -0.0225. The molecule has 84 valence electrons. The Morgan fingerprint density at radius 2 is 2.19 bits per heavy atom. The van der Waals surface area contributed by atoms with E-state index in [0.29, 0.717) is 0 Å². The molecule has 2 N–H and O–H groups in total. The lowest BCUT2D eigenvalue weighted by Crippen LogP contribution is -2.39. The van der Waals surface area contributed by atoms with E-state index in [-0.39, 0.29) is 6.10 Å². The van der Waals surface area contributed by atoms with Gasteiger partial charge in [-0.15, -0.1) is 0 Å². The Labute approximate surface area is 94.0 Å². The van der Waals surface area contributed by atoms with Gasteiger partial charge in [-0.25, -0.2) is 0 Å². The van der Waals surface area contributed by atoms with Crippen molar-refractivity contribution < 1.29 is 9.84 Å². The van der Waals surface area contributed by atoms with Gasteiger partial charge in [0, 0.05) is 23.6 Å². The number of nitrogens with one attached hydrogen (secondary N) is 1. The molecule has 1 aromatic carbocycles. The van der Waals surface area contributed by atoms with Crippen molar-refractivity contribution >= 4 is 10.9 Å². The van der Waals surface area contributed by atoms with E-state index >= 15 is 0 Å². The quantitative estimate of drug-likeness (QED) is 0.769. The molecular weight excluding hydrogens is 202 g/mol. The molecule has 0 aliphatic carbocycles. The van der Waals surface area contributed by atoms with Crippen LogP contribution in [0.4, 0.5) is 0 Å². The first-order chi connectivity index (χ1) is 7.55. The summed E-state index contributed by atoms with van der Waals surface area (Å²) in [7, 11) is 0. The van der Waals surface area contributed by atoms with Gasteiger partial charge in [0.05, 0.1) is 11.1 Å². The molecule has 0 saturated heterocycles. The summed E-state index contributed by atoms with van der Waals surface area (Å²) in [5, 5.41) is 11.1. The van der Waals surface area contributed by atoms with Crippen molar-refractivity contribution in [3.05, 3.63) is 30.0 Å². The number of hydrogen-bond donors (Lipinski definition) is 2. The molecule has 0 spiro atoms. The van der Waals surface area contributed by atoms with E-state index in [2.05, 4.69) is 17.1 Å². The largest absolute Gasteiger partial charge is 0.485 e. The molecule has 1 aliphatic rings. The lowest BCUT2D eigenvalue weighted by atomic mass is 9.97. The third-order valence-corrected chi connectivity index (χ3v) is 3.22. The number of rotatable bonds is 1. The molecule has 3 rings (SSSR count). The fraction of sp³-hybridized carbons (Fsp3) is 0.385. The molecule has 2 heterocycles. The van der Waals surface area contributed by atoms with Gasteiger partial charge >= 0.3 is 0 Å². The number of hydrogen-bond acceptors (Lipinski definition) is 2. The van der Waals surface area contributed by atoms with E-state index in [0.717, 1.165) is 23.1 Å². The molecule has 16 heavy (non-hydrogen) atoms. The van der Waals surface area contributed by atoms with E-state index in [9.17, 15) is 5.11 Å². The molecule has 0 fully saturated rings. The van der Waals surface area contributed by atoms with Crippen LogP contribution in [-0.4, -0.2) is 21.8 Å². The van der Waals surface area contributed by atoms with Crippen molar-refractivity contribution in [1.29, 1.82) is 0 Å². The zero-order chi connectivity index (χ0) is 11.3. The Morgan fingerprint density at radius 1 is 1.38 bits per heavy atom. The summed E-state index contributed by atoms with van der Waals surface area (Å²) in [5.41, 5.74) is 1.39. The van der Waals surface area contributed by atoms with Crippen LogP contribution in [0.3, 0.4) is 0 Å². The van der Waals surface area contributed by atoms with Gasteiger partial charge < -0.3 is 14.8 Å². The van der Waals surface area contributed by atoms with Gasteiger partial charge in [-0.2, -0.15) is 0 Å². The predicted octanol–water partition coefficient (Wildman–Crippen LogP) is 2.24. The summed E-state index contributed by atoms with van der Waals surface area (Å²) >= 11 is 0. The number of aliphatic hydroxyl groups is 1. The van der Waals surface area contributed by atoms with E-state index in [1.54, 1.807) is 13.8 Å². The van der Waals surface area contributed by atoms with Crippen molar-refractivity contribution in [3.63, 3.8) is 0 Å². The summed E-state index contributed by atoms with van der Waals surface area (Å²) in [6.45, 7) is 3.57. The first-order valence-corrected chi connectivity index (χ1v) is 5.54. The molecule has 1 unspecified atom stereocenters. The third kappa shape index (κ3) is 1.32. The Hall–Kier alpha value is -1.48. The summed E-state index contributed by atoms with van der Waals surface area (Å²) in [6, 6.07) is 6.19. The van der Waals surface area contributed by atoms with Gasteiger partial charge in [-0.05, 0) is 19.9 Å². The topological polar surface area (TPSA) is 45.2 Å². The Morgan fingerprint density at radius 3 is 2.94 bits per heavy atom. The monoisotopic (exact) mass is 217 g/mol.